The van der Waals surface area contributed by atoms with Crippen LogP contribution in [0.2, 0.25) is 0 Å². The minimum atomic E-state index is 0.680. The third kappa shape index (κ3) is 10.6. The highest BCUT2D eigenvalue weighted by atomic mass is 33.1. The number of unbranched alkanes of at least 4 members (excludes halogenated alkanes) is 5. The fraction of sp³-hybridized carbons (Fsp3) is 1.00. The third-order valence-electron chi connectivity index (χ3n) is 1.66. The summed E-state index contributed by atoms with van der Waals surface area (Å²) >= 11 is 4.71. The van der Waals surface area contributed by atoms with Crippen molar-refractivity contribution in [2.24, 2.45) is 0 Å². The van der Waals surface area contributed by atoms with Crippen molar-refractivity contribution in [3.8, 4) is 0 Å². The van der Waals surface area contributed by atoms with Gasteiger partial charge in [0.25, 0.3) is 0 Å². The van der Waals surface area contributed by atoms with Gasteiger partial charge in [0.15, 0.2) is 0 Å². The fourth-order valence-corrected chi connectivity index (χ4v) is 1.24. The predicted molar refractivity (Wildman–Crippen MR) is 57.0 cm³/mol. The molecule has 0 heterocycles. The molecule has 74 valence electrons. The molecule has 0 atom stereocenters. The smallest absolute Gasteiger partial charge is 0.0983 e. The molecule has 0 amide bonds. The third-order valence-corrected chi connectivity index (χ3v) is 2.00. The molecule has 0 saturated heterocycles. The van der Waals surface area contributed by atoms with E-state index in [9.17, 15) is 0 Å². The normalized spacial score (nSPS) is 10.5. The van der Waals surface area contributed by atoms with E-state index in [-0.39, 0.29) is 0 Å². The maximum absolute atomic E-state index is 4.78. The molecule has 0 bridgehead atoms. The monoisotopic (exact) mass is 210 g/mol. The van der Waals surface area contributed by atoms with E-state index in [4.69, 9.17) is 4.89 Å². The molecule has 0 N–H and O–H groups in total. The molecule has 12 heavy (non-hydrogen) atoms. The summed E-state index contributed by atoms with van der Waals surface area (Å²) in [5.41, 5.74) is 0. The number of hydrogen-bond donors (Lipinski definition) is 1. The van der Waals surface area contributed by atoms with Gasteiger partial charge < -0.3 is 0 Å². The molecule has 0 aromatic rings. The molecule has 0 radical (unpaired) electrons. The lowest BCUT2D eigenvalue weighted by Crippen LogP contribution is -1.90. The lowest BCUT2D eigenvalue weighted by molar-refractivity contribution is -0.189. The van der Waals surface area contributed by atoms with Gasteiger partial charge in [-0.25, -0.2) is 4.89 Å². The Labute approximate surface area is 84.3 Å². The van der Waals surface area contributed by atoms with E-state index in [2.05, 4.69) is 22.9 Å². The van der Waals surface area contributed by atoms with E-state index in [1.807, 2.05) is 0 Å². The molecule has 0 spiro atoms. The maximum Gasteiger partial charge on any atom is 0.0983 e. The van der Waals surface area contributed by atoms with Crippen molar-refractivity contribution >= 4 is 22.7 Å². The van der Waals surface area contributed by atoms with E-state index in [1.54, 1.807) is 0 Å². The second-order valence-electron chi connectivity index (χ2n) is 2.73. The molecule has 0 aromatic carbocycles. The molecule has 0 aliphatic carbocycles. The van der Waals surface area contributed by atoms with Gasteiger partial charge in [-0.15, -0.1) is 0 Å². The van der Waals surface area contributed by atoms with Crippen LogP contribution in [-0.2, 0) is 9.22 Å². The Morgan fingerprint density at radius 1 is 1.08 bits per heavy atom. The summed E-state index contributed by atoms with van der Waals surface area (Å²) in [6, 6.07) is 0. The largest absolute Gasteiger partial charge is 0.224 e. The number of thiol groups is 1. The molecule has 2 nitrogen and oxygen atoms in total. The first-order valence-corrected chi connectivity index (χ1v) is 6.31. The minimum Gasteiger partial charge on any atom is -0.224 e. The standard InChI is InChI=1S/C8H18O2S2/c1-2-3-4-5-6-7-8-9-10-12-11/h11H,2-8H2,1H3. The van der Waals surface area contributed by atoms with Crippen LogP contribution in [0.3, 0.4) is 0 Å². The zero-order valence-corrected chi connectivity index (χ0v) is 9.33. The van der Waals surface area contributed by atoms with Gasteiger partial charge in [0, 0.05) is 0 Å². The van der Waals surface area contributed by atoms with E-state index in [1.165, 1.54) is 32.1 Å². The highest BCUT2D eigenvalue weighted by Gasteiger charge is 1.90. The lowest BCUT2D eigenvalue weighted by atomic mass is 10.1. The van der Waals surface area contributed by atoms with Crippen molar-refractivity contribution in [3.05, 3.63) is 0 Å². The van der Waals surface area contributed by atoms with Crippen LogP contribution >= 0.6 is 22.7 Å². The molecule has 0 aromatic heterocycles. The van der Waals surface area contributed by atoms with Crippen LogP contribution in [0.5, 0.6) is 0 Å². The summed E-state index contributed by atoms with van der Waals surface area (Å²) in [4.78, 5) is 4.78. The Morgan fingerprint density at radius 2 is 1.75 bits per heavy atom. The van der Waals surface area contributed by atoms with Crippen LogP contribution in [0.15, 0.2) is 0 Å². The van der Waals surface area contributed by atoms with Crippen LogP contribution in [0.1, 0.15) is 45.4 Å². The van der Waals surface area contributed by atoms with Crippen molar-refractivity contribution in [1.82, 2.24) is 0 Å². The Morgan fingerprint density at radius 3 is 2.42 bits per heavy atom. The van der Waals surface area contributed by atoms with Crippen LogP contribution < -0.4 is 0 Å². The average molecular weight is 210 g/mol. The molecular formula is C8H18O2S2. The number of hydrogen-bond acceptors (Lipinski definition) is 4. The molecule has 0 aliphatic rings. The SMILES string of the molecule is CCCCCCCCOOSS. The molecular weight excluding hydrogens is 192 g/mol. The van der Waals surface area contributed by atoms with Gasteiger partial charge in [-0.3, -0.25) is 0 Å². The van der Waals surface area contributed by atoms with Crippen molar-refractivity contribution < 1.29 is 9.22 Å². The molecule has 0 aliphatic heterocycles. The van der Waals surface area contributed by atoms with Crippen molar-refractivity contribution in [2.45, 2.75) is 45.4 Å². The summed E-state index contributed by atoms with van der Waals surface area (Å²) < 4.78 is 4.54. The van der Waals surface area contributed by atoms with E-state index in [0.717, 1.165) is 17.5 Å². The van der Waals surface area contributed by atoms with Crippen LogP contribution in [-0.4, -0.2) is 6.61 Å². The second-order valence-corrected chi connectivity index (χ2v) is 3.46. The van der Waals surface area contributed by atoms with Gasteiger partial charge in [0.1, 0.15) is 0 Å². The van der Waals surface area contributed by atoms with Gasteiger partial charge in [-0.1, -0.05) is 50.7 Å². The van der Waals surface area contributed by atoms with Gasteiger partial charge in [-0.05, 0) is 6.42 Å². The minimum absolute atomic E-state index is 0.680. The van der Waals surface area contributed by atoms with Crippen molar-refractivity contribution in [3.63, 3.8) is 0 Å². The van der Waals surface area contributed by atoms with Crippen LogP contribution in [0, 0.1) is 0 Å². The van der Waals surface area contributed by atoms with Crippen LogP contribution in [0.4, 0.5) is 0 Å². The summed E-state index contributed by atoms with van der Waals surface area (Å²) in [7, 11) is 0. The van der Waals surface area contributed by atoms with Gasteiger partial charge in [0.2, 0.25) is 0 Å². The molecule has 4 heteroatoms. The fourth-order valence-electron chi connectivity index (χ4n) is 0.997. The summed E-state index contributed by atoms with van der Waals surface area (Å²) in [5.74, 6) is 0. The molecule has 0 rings (SSSR count). The van der Waals surface area contributed by atoms with Gasteiger partial charge >= 0.3 is 0 Å². The van der Waals surface area contributed by atoms with E-state index >= 15 is 0 Å². The molecule has 0 fully saturated rings. The topological polar surface area (TPSA) is 18.5 Å². The Balaban J connectivity index is 2.73. The van der Waals surface area contributed by atoms with Crippen molar-refractivity contribution in [2.75, 3.05) is 6.61 Å². The maximum atomic E-state index is 4.78. The lowest BCUT2D eigenvalue weighted by Gasteiger charge is -2.00. The first kappa shape index (κ1) is 12.6. The molecule has 0 unspecified atom stereocenters. The zero-order chi connectivity index (χ0) is 9.07. The highest BCUT2D eigenvalue weighted by Crippen LogP contribution is 2.08. The quantitative estimate of drug-likeness (QED) is 0.156. The van der Waals surface area contributed by atoms with E-state index in [0.29, 0.717) is 6.61 Å². The summed E-state index contributed by atoms with van der Waals surface area (Å²) in [6.07, 6.45) is 7.63. The molecule has 0 saturated carbocycles. The Hall–Kier alpha value is 0.620. The van der Waals surface area contributed by atoms with Gasteiger partial charge in [-0.2, -0.15) is 4.33 Å². The predicted octanol–water partition coefficient (Wildman–Crippen LogP) is 3.79. The van der Waals surface area contributed by atoms with Crippen molar-refractivity contribution in [1.29, 1.82) is 0 Å². The zero-order valence-electron chi connectivity index (χ0n) is 7.62. The van der Waals surface area contributed by atoms with E-state index < -0.39 is 0 Å². The summed E-state index contributed by atoms with van der Waals surface area (Å²) in [6.45, 7) is 2.90. The Kier molecular flexibility index (Phi) is 12.2. The van der Waals surface area contributed by atoms with Crippen LogP contribution in [0.25, 0.3) is 0 Å². The summed E-state index contributed by atoms with van der Waals surface area (Å²) in [5, 5.41) is 0. The number of rotatable bonds is 9. The highest BCUT2D eigenvalue weighted by molar-refractivity contribution is 8.66. The first-order chi connectivity index (χ1) is 5.91. The van der Waals surface area contributed by atoms with Gasteiger partial charge in [0.05, 0.1) is 17.7 Å². The first-order valence-electron chi connectivity index (χ1n) is 4.51. The average Bonchev–Trinajstić information content (AvgIpc) is 2.10. The second kappa shape index (κ2) is 11.6. The Bertz CT molecular complexity index is 71.5.